The molecule has 6 nitrogen and oxygen atoms in total. The summed E-state index contributed by atoms with van der Waals surface area (Å²) in [5, 5.41) is 6.56. The molecule has 0 saturated carbocycles. The van der Waals surface area contributed by atoms with Gasteiger partial charge in [0.05, 0.1) is 15.9 Å². The lowest BCUT2D eigenvalue weighted by atomic mass is 9.80. The molecule has 3 aromatic rings. The minimum absolute atomic E-state index is 0.164. The number of hydrogen-bond donors (Lipinski definition) is 2. The van der Waals surface area contributed by atoms with E-state index in [1.165, 1.54) is 29.5 Å². The Hall–Kier alpha value is -3.23. The number of nitrogens with one attached hydrogen (secondary N) is 2. The fraction of sp³-hybridized carbons (Fsp3) is 0.333. The van der Waals surface area contributed by atoms with Crippen molar-refractivity contribution in [3.05, 3.63) is 82.0 Å². The maximum absolute atomic E-state index is 13.5. The third-order valence-corrected chi connectivity index (χ3v) is 8.00. The number of thiophene rings is 1. The molecule has 0 aliphatic carbocycles. The highest BCUT2D eigenvalue weighted by molar-refractivity contribution is 7.18. The molecule has 1 aromatic heterocycles. The van der Waals surface area contributed by atoms with E-state index < -0.39 is 11.7 Å². The van der Waals surface area contributed by atoms with Crippen LogP contribution in [0.2, 0.25) is 0 Å². The molecular formula is C27H28FN3O3S. The minimum Gasteiger partial charge on any atom is -0.487 e. The Kier molecular flexibility index (Phi) is 6.34. The maximum Gasteiger partial charge on any atom is 0.262 e. The Morgan fingerprint density at radius 2 is 1.86 bits per heavy atom. The van der Waals surface area contributed by atoms with Gasteiger partial charge in [-0.1, -0.05) is 24.3 Å². The van der Waals surface area contributed by atoms with E-state index in [2.05, 4.69) is 22.6 Å². The largest absolute Gasteiger partial charge is 0.487 e. The van der Waals surface area contributed by atoms with Gasteiger partial charge in [-0.05, 0) is 62.7 Å². The third kappa shape index (κ3) is 4.94. The molecule has 2 aliphatic rings. The molecular weight excluding hydrogens is 465 g/mol. The summed E-state index contributed by atoms with van der Waals surface area (Å²) in [6, 6.07) is 15.0. The first-order valence-electron chi connectivity index (χ1n) is 11.8. The van der Waals surface area contributed by atoms with Gasteiger partial charge in [0.15, 0.2) is 0 Å². The van der Waals surface area contributed by atoms with E-state index in [0.717, 1.165) is 49.2 Å². The summed E-state index contributed by atoms with van der Waals surface area (Å²) in [7, 11) is 2.12. The number of amides is 2. The SMILES string of the molecule is Cc1cc(NC(=O)c2cccc(F)c2)sc1C(=O)NC1CC2(CCN(C)CC2)Oc2ccccc21. The van der Waals surface area contributed by atoms with Gasteiger partial charge in [0.2, 0.25) is 0 Å². The number of piperidine rings is 1. The number of likely N-dealkylation sites (tertiary alicyclic amines) is 1. The van der Waals surface area contributed by atoms with Gasteiger partial charge in [0.25, 0.3) is 11.8 Å². The molecule has 0 radical (unpaired) electrons. The molecule has 2 amide bonds. The first kappa shape index (κ1) is 23.5. The number of benzene rings is 2. The van der Waals surface area contributed by atoms with Crippen LogP contribution >= 0.6 is 11.3 Å². The quantitative estimate of drug-likeness (QED) is 0.526. The van der Waals surface area contributed by atoms with Gasteiger partial charge < -0.3 is 20.3 Å². The first-order valence-corrected chi connectivity index (χ1v) is 12.6. The summed E-state index contributed by atoms with van der Waals surface area (Å²) >= 11 is 1.22. The second-order valence-corrected chi connectivity index (χ2v) is 10.5. The summed E-state index contributed by atoms with van der Waals surface area (Å²) in [6.45, 7) is 3.77. The van der Waals surface area contributed by atoms with Gasteiger partial charge >= 0.3 is 0 Å². The molecule has 2 aromatic carbocycles. The Morgan fingerprint density at radius 3 is 2.63 bits per heavy atom. The van der Waals surface area contributed by atoms with Crippen LogP contribution in [0.15, 0.2) is 54.6 Å². The van der Waals surface area contributed by atoms with Crippen LogP contribution in [0.3, 0.4) is 0 Å². The van der Waals surface area contributed by atoms with Crippen LogP contribution in [0.1, 0.15) is 56.5 Å². The van der Waals surface area contributed by atoms with Crippen molar-refractivity contribution in [2.24, 2.45) is 0 Å². The number of hydrogen-bond acceptors (Lipinski definition) is 5. The fourth-order valence-electron chi connectivity index (χ4n) is 4.89. The summed E-state index contributed by atoms with van der Waals surface area (Å²) < 4.78 is 20.0. The van der Waals surface area contributed by atoms with Crippen LogP contribution in [-0.4, -0.2) is 42.5 Å². The molecule has 1 unspecified atom stereocenters. The second-order valence-electron chi connectivity index (χ2n) is 9.44. The summed E-state index contributed by atoms with van der Waals surface area (Å²) in [4.78, 5) is 28.7. The zero-order valence-electron chi connectivity index (χ0n) is 19.8. The monoisotopic (exact) mass is 493 g/mol. The molecule has 2 N–H and O–H groups in total. The van der Waals surface area contributed by atoms with E-state index >= 15 is 0 Å². The molecule has 0 bridgehead atoms. The number of halogens is 1. The zero-order valence-corrected chi connectivity index (χ0v) is 20.6. The van der Waals surface area contributed by atoms with Crippen molar-refractivity contribution in [2.45, 2.75) is 37.8 Å². The fourth-order valence-corrected chi connectivity index (χ4v) is 5.86. The minimum atomic E-state index is -0.473. The van der Waals surface area contributed by atoms with Gasteiger partial charge in [-0.2, -0.15) is 0 Å². The molecule has 5 rings (SSSR count). The van der Waals surface area contributed by atoms with Crippen LogP contribution < -0.4 is 15.4 Å². The Morgan fingerprint density at radius 1 is 1.09 bits per heavy atom. The topological polar surface area (TPSA) is 70.7 Å². The number of carbonyl (C=O) groups excluding carboxylic acids is 2. The lowest BCUT2D eigenvalue weighted by Gasteiger charge is -2.46. The predicted octanol–water partition coefficient (Wildman–Crippen LogP) is 5.17. The lowest BCUT2D eigenvalue weighted by molar-refractivity contribution is -0.0195. The molecule has 1 fully saturated rings. The molecule has 2 aliphatic heterocycles. The average molecular weight is 494 g/mol. The number of carbonyl (C=O) groups is 2. The van der Waals surface area contributed by atoms with Crippen molar-refractivity contribution < 1.29 is 18.7 Å². The number of rotatable bonds is 4. The molecule has 3 heterocycles. The number of para-hydroxylation sites is 1. The van der Waals surface area contributed by atoms with Crippen molar-refractivity contribution in [3.8, 4) is 5.75 Å². The molecule has 1 saturated heterocycles. The zero-order chi connectivity index (χ0) is 24.6. The highest BCUT2D eigenvalue weighted by Crippen LogP contribution is 2.44. The van der Waals surface area contributed by atoms with Gasteiger partial charge in [-0.15, -0.1) is 11.3 Å². The third-order valence-electron chi connectivity index (χ3n) is 6.85. The van der Waals surface area contributed by atoms with Crippen LogP contribution in [0.25, 0.3) is 0 Å². The smallest absolute Gasteiger partial charge is 0.262 e. The van der Waals surface area contributed by atoms with Gasteiger partial charge in [0, 0.05) is 30.6 Å². The second kappa shape index (κ2) is 9.43. The number of nitrogens with zero attached hydrogens (tertiary/aromatic N) is 1. The van der Waals surface area contributed by atoms with Crippen LogP contribution in [0, 0.1) is 12.7 Å². The van der Waals surface area contributed by atoms with Crippen molar-refractivity contribution in [3.63, 3.8) is 0 Å². The Bertz CT molecular complexity index is 1270. The Balaban J connectivity index is 1.33. The number of anilines is 1. The summed E-state index contributed by atoms with van der Waals surface area (Å²) in [5.74, 6) is -0.234. The number of fused-ring (bicyclic) bond motifs is 1. The predicted molar refractivity (Wildman–Crippen MR) is 135 cm³/mol. The van der Waals surface area contributed by atoms with Gasteiger partial charge in [0.1, 0.15) is 17.2 Å². The van der Waals surface area contributed by atoms with Gasteiger partial charge in [-0.3, -0.25) is 9.59 Å². The van der Waals surface area contributed by atoms with E-state index in [9.17, 15) is 14.0 Å². The molecule has 8 heteroatoms. The van der Waals surface area contributed by atoms with Gasteiger partial charge in [-0.25, -0.2) is 4.39 Å². The summed E-state index contributed by atoms with van der Waals surface area (Å²) in [6.07, 6.45) is 2.55. The average Bonchev–Trinajstić information content (AvgIpc) is 3.21. The van der Waals surface area contributed by atoms with E-state index in [4.69, 9.17) is 4.74 Å². The van der Waals surface area contributed by atoms with Crippen LogP contribution in [0.5, 0.6) is 5.75 Å². The maximum atomic E-state index is 13.5. The van der Waals surface area contributed by atoms with Crippen molar-refractivity contribution in [1.82, 2.24) is 10.2 Å². The van der Waals surface area contributed by atoms with Crippen LogP contribution in [-0.2, 0) is 0 Å². The highest BCUT2D eigenvalue weighted by Gasteiger charge is 2.43. The van der Waals surface area contributed by atoms with Crippen LogP contribution in [0.4, 0.5) is 9.39 Å². The normalized spacial score (nSPS) is 19.0. The summed E-state index contributed by atoms with van der Waals surface area (Å²) in [5.41, 5.74) is 1.70. The van der Waals surface area contributed by atoms with Crippen molar-refractivity contribution in [1.29, 1.82) is 0 Å². The van der Waals surface area contributed by atoms with E-state index in [-0.39, 0.29) is 23.1 Å². The number of ether oxygens (including phenoxy) is 1. The van der Waals surface area contributed by atoms with Crippen molar-refractivity contribution in [2.75, 3.05) is 25.5 Å². The standard InChI is InChI=1S/C27H28FN3O3S/c1-17-14-23(30-25(32)18-6-5-7-19(28)15-18)35-24(17)26(33)29-21-16-27(10-12-31(2)13-11-27)34-22-9-4-3-8-20(21)22/h3-9,14-15,21H,10-13,16H2,1-2H3,(H,29,33)(H,30,32). The molecule has 1 spiro atoms. The molecule has 35 heavy (non-hydrogen) atoms. The molecule has 1 atom stereocenters. The molecule has 182 valence electrons. The highest BCUT2D eigenvalue weighted by atomic mass is 32.1. The van der Waals surface area contributed by atoms with E-state index in [1.807, 2.05) is 31.2 Å². The van der Waals surface area contributed by atoms with Crippen molar-refractivity contribution >= 4 is 28.2 Å². The lowest BCUT2D eigenvalue weighted by Crippen LogP contribution is -2.51. The first-order chi connectivity index (χ1) is 16.8. The Labute approximate surface area is 208 Å². The van der Waals surface area contributed by atoms with E-state index in [1.54, 1.807) is 12.1 Å². The van der Waals surface area contributed by atoms with E-state index in [0.29, 0.717) is 9.88 Å². The number of aryl methyl sites for hydroxylation is 1.